The average molecular weight is 188 g/mol. The molecule has 0 amide bonds. The summed E-state index contributed by atoms with van der Waals surface area (Å²) in [5.74, 6) is 0.631. The molecule has 0 spiro atoms. The van der Waals surface area contributed by atoms with Gasteiger partial charge in [-0.25, -0.2) is 0 Å². The third-order valence-electron chi connectivity index (χ3n) is 2.22. The Morgan fingerprint density at radius 1 is 1.42 bits per heavy atom. The minimum atomic E-state index is 0.497. The van der Waals surface area contributed by atoms with E-state index in [9.17, 15) is 0 Å². The largest absolute Gasteiger partial charge is 0.363 e. The molecule has 0 aromatic carbocycles. The van der Waals surface area contributed by atoms with E-state index in [4.69, 9.17) is 12.2 Å². The molecule has 0 aromatic heterocycles. The van der Waals surface area contributed by atoms with Gasteiger partial charge in [-0.1, -0.05) is 13.8 Å². The molecule has 0 rings (SSSR count). The first kappa shape index (κ1) is 11.7. The molecule has 1 atom stereocenters. The van der Waals surface area contributed by atoms with E-state index >= 15 is 0 Å². The predicted octanol–water partition coefficient (Wildman–Crippen LogP) is 1.86. The molecule has 0 radical (unpaired) electrons. The van der Waals surface area contributed by atoms with Crippen molar-refractivity contribution in [3.05, 3.63) is 0 Å². The summed E-state index contributed by atoms with van der Waals surface area (Å²) >= 11 is 5.19. The highest BCUT2D eigenvalue weighted by Crippen LogP contribution is 2.07. The van der Waals surface area contributed by atoms with Gasteiger partial charge in [0.1, 0.15) is 0 Å². The van der Waals surface area contributed by atoms with Gasteiger partial charge in [0.25, 0.3) is 0 Å². The molecule has 0 fully saturated rings. The highest BCUT2D eigenvalue weighted by atomic mass is 32.1. The minimum absolute atomic E-state index is 0.497. The zero-order valence-corrected chi connectivity index (χ0v) is 9.53. The molecule has 2 nitrogen and oxygen atoms in total. The maximum atomic E-state index is 5.19. The van der Waals surface area contributed by atoms with E-state index in [1.807, 2.05) is 7.05 Å². The maximum absolute atomic E-state index is 5.19. The summed E-state index contributed by atoms with van der Waals surface area (Å²) in [5.41, 5.74) is 0. The van der Waals surface area contributed by atoms with Gasteiger partial charge >= 0.3 is 0 Å². The first-order valence-electron chi connectivity index (χ1n) is 4.51. The number of hydrogen-bond acceptors (Lipinski definition) is 1. The number of rotatable bonds is 3. The number of nitrogens with one attached hydrogen (secondary N) is 1. The molecule has 0 aliphatic carbocycles. The number of hydrogen-bond donors (Lipinski definition) is 1. The zero-order chi connectivity index (χ0) is 9.72. The summed E-state index contributed by atoms with van der Waals surface area (Å²) < 4.78 is 0. The summed E-state index contributed by atoms with van der Waals surface area (Å²) in [6.45, 7) is 9.55. The van der Waals surface area contributed by atoms with Crippen LogP contribution in [0.3, 0.4) is 0 Å². The van der Waals surface area contributed by atoms with E-state index in [0.29, 0.717) is 12.0 Å². The topological polar surface area (TPSA) is 15.3 Å². The highest BCUT2D eigenvalue weighted by Gasteiger charge is 2.14. The lowest BCUT2D eigenvalue weighted by atomic mass is 10.1. The fraction of sp³-hybridized carbons (Fsp3) is 0.889. The summed E-state index contributed by atoms with van der Waals surface area (Å²) in [6.07, 6.45) is 0. The minimum Gasteiger partial charge on any atom is -0.363 e. The molecule has 12 heavy (non-hydrogen) atoms. The van der Waals surface area contributed by atoms with Crippen LogP contribution in [-0.2, 0) is 0 Å². The number of thiocarbonyl (C=S) groups is 1. The van der Waals surface area contributed by atoms with E-state index in [2.05, 4.69) is 37.9 Å². The Labute approximate surface area is 81.3 Å². The standard InChI is InChI=1S/C9H20N2S/c1-6-10-9(12)11(5)8(4)7(2)3/h7-8H,6H2,1-5H3,(H,10,12). The Bertz CT molecular complexity index is 145. The summed E-state index contributed by atoms with van der Waals surface area (Å²) in [5, 5.41) is 3.98. The van der Waals surface area contributed by atoms with Crippen molar-refractivity contribution in [2.45, 2.75) is 33.7 Å². The lowest BCUT2D eigenvalue weighted by Crippen LogP contribution is -2.44. The molecule has 0 saturated carbocycles. The van der Waals surface area contributed by atoms with Gasteiger partial charge in [0.15, 0.2) is 5.11 Å². The molecule has 0 heterocycles. The normalized spacial score (nSPS) is 12.8. The molecule has 0 bridgehead atoms. The second kappa shape index (κ2) is 5.36. The second-order valence-corrected chi connectivity index (χ2v) is 3.82. The first-order valence-corrected chi connectivity index (χ1v) is 4.92. The van der Waals surface area contributed by atoms with E-state index in [0.717, 1.165) is 11.7 Å². The Hall–Kier alpha value is -0.310. The maximum Gasteiger partial charge on any atom is 0.168 e. The highest BCUT2D eigenvalue weighted by molar-refractivity contribution is 7.80. The van der Waals surface area contributed by atoms with Gasteiger partial charge in [0.05, 0.1) is 0 Å². The SMILES string of the molecule is CCNC(=S)N(C)C(C)C(C)C. The molecule has 0 aromatic rings. The molecule has 0 saturated heterocycles. The van der Waals surface area contributed by atoms with Gasteiger partial charge in [-0.2, -0.15) is 0 Å². The van der Waals surface area contributed by atoms with Gasteiger partial charge in [-0.15, -0.1) is 0 Å². The van der Waals surface area contributed by atoms with Crippen molar-refractivity contribution in [3.8, 4) is 0 Å². The van der Waals surface area contributed by atoms with Crippen LogP contribution in [0.25, 0.3) is 0 Å². The van der Waals surface area contributed by atoms with Crippen molar-refractivity contribution in [1.82, 2.24) is 10.2 Å². The molecular formula is C9H20N2S. The molecule has 1 unspecified atom stereocenters. The average Bonchev–Trinajstić information content (AvgIpc) is 2.02. The lowest BCUT2D eigenvalue weighted by molar-refractivity contribution is 0.306. The third-order valence-corrected chi connectivity index (χ3v) is 2.66. The van der Waals surface area contributed by atoms with Crippen LogP contribution in [0.5, 0.6) is 0 Å². The van der Waals surface area contributed by atoms with Crippen LogP contribution in [0.2, 0.25) is 0 Å². The van der Waals surface area contributed by atoms with E-state index < -0.39 is 0 Å². The van der Waals surface area contributed by atoms with E-state index in [-0.39, 0.29) is 0 Å². The Kier molecular flexibility index (Phi) is 5.22. The van der Waals surface area contributed by atoms with Crippen LogP contribution >= 0.6 is 12.2 Å². The summed E-state index contributed by atoms with van der Waals surface area (Å²) in [7, 11) is 2.04. The Morgan fingerprint density at radius 3 is 2.25 bits per heavy atom. The van der Waals surface area contributed by atoms with Crippen molar-refractivity contribution in [3.63, 3.8) is 0 Å². The molecular weight excluding hydrogens is 168 g/mol. The van der Waals surface area contributed by atoms with Crippen molar-refractivity contribution < 1.29 is 0 Å². The molecule has 0 aliphatic heterocycles. The van der Waals surface area contributed by atoms with Crippen LogP contribution in [-0.4, -0.2) is 29.6 Å². The van der Waals surface area contributed by atoms with Gasteiger partial charge in [-0.3, -0.25) is 0 Å². The van der Waals surface area contributed by atoms with Crippen LogP contribution in [0.4, 0.5) is 0 Å². The molecule has 3 heteroatoms. The Morgan fingerprint density at radius 2 is 1.92 bits per heavy atom. The second-order valence-electron chi connectivity index (χ2n) is 3.43. The summed E-state index contributed by atoms with van der Waals surface area (Å²) in [4.78, 5) is 2.11. The molecule has 1 N–H and O–H groups in total. The monoisotopic (exact) mass is 188 g/mol. The molecule has 72 valence electrons. The van der Waals surface area contributed by atoms with Crippen molar-refractivity contribution in [2.24, 2.45) is 5.92 Å². The zero-order valence-electron chi connectivity index (χ0n) is 8.72. The van der Waals surface area contributed by atoms with Gasteiger partial charge in [0.2, 0.25) is 0 Å². The quantitative estimate of drug-likeness (QED) is 0.681. The van der Waals surface area contributed by atoms with Crippen molar-refractivity contribution in [2.75, 3.05) is 13.6 Å². The lowest BCUT2D eigenvalue weighted by Gasteiger charge is -2.30. The van der Waals surface area contributed by atoms with Gasteiger partial charge < -0.3 is 10.2 Å². The van der Waals surface area contributed by atoms with Crippen LogP contribution in [0.15, 0.2) is 0 Å². The predicted molar refractivity (Wildman–Crippen MR) is 58.3 cm³/mol. The third kappa shape index (κ3) is 3.39. The van der Waals surface area contributed by atoms with Crippen molar-refractivity contribution in [1.29, 1.82) is 0 Å². The van der Waals surface area contributed by atoms with Gasteiger partial charge in [0, 0.05) is 19.6 Å². The van der Waals surface area contributed by atoms with Crippen LogP contribution < -0.4 is 5.32 Å². The Balaban J connectivity index is 4.00. The molecule has 0 aliphatic rings. The fourth-order valence-corrected chi connectivity index (χ4v) is 1.22. The fourth-order valence-electron chi connectivity index (χ4n) is 0.908. The number of nitrogens with zero attached hydrogens (tertiary/aromatic N) is 1. The van der Waals surface area contributed by atoms with Crippen LogP contribution in [0.1, 0.15) is 27.7 Å². The first-order chi connectivity index (χ1) is 5.50. The van der Waals surface area contributed by atoms with Crippen LogP contribution in [0, 0.1) is 5.92 Å². The van der Waals surface area contributed by atoms with Gasteiger partial charge in [-0.05, 0) is 32.0 Å². The smallest absolute Gasteiger partial charge is 0.168 e. The van der Waals surface area contributed by atoms with E-state index in [1.54, 1.807) is 0 Å². The van der Waals surface area contributed by atoms with Crippen molar-refractivity contribution >= 4 is 17.3 Å². The van der Waals surface area contributed by atoms with E-state index in [1.165, 1.54) is 0 Å². The summed E-state index contributed by atoms with van der Waals surface area (Å²) in [6, 6.07) is 0.497.